The number of H-pyrrole nitrogens is 1. The summed E-state index contributed by atoms with van der Waals surface area (Å²) in [6.07, 6.45) is 0. The fraction of sp³-hybridized carbons (Fsp3) is 0. The summed E-state index contributed by atoms with van der Waals surface area (Å²) in [5, 5.41) is 19.2. The molecule has 0 aliphatic rings. The third-order valence-corrected chi connectivity index (χ3v) is 6.33. The van der Waals surface area contributed by atoms with Crippen LogP contribution in [-0.2, 0) is 9.84 Å². The van der Waals surface area contributed by atoms with E-state index in [1.807, 2.05) is 0 Å². The first kappa shape index (κ1) is 21.8. The van der Waals surface area contributed by atoms with Crippen LogP contribution >= 0.6 is 0 Å². The van der Waals surface area contributed by atoms with E-state index in [0.29, 0.717) is 22.6 Å². The Labute approximate surface area is 187 Å². The highest BCUT2D eigenvalue weighted by atomic mass is 32.2. The third kappa shape index (κ3) is 4.48. The van der Waals surface area contributed by atoms with Crippen LogP contribution in [0.2, 0.25) is 0 Å². The number of non-ortho nitro benzene ring substituents is 1. The summed E-state index contributed by atoms with van der Waals surface area (Å²) in [5.74, 6) is -0.376. The number of nitrogens with one attached hydrogen (secondary N) is 2. The van der Waals surface area contributed by atoms with Crippen LogP contribution in [0.15, 0.2) is 83.8 Å². The molecule has 1 heterocycles. The maximum Gasteiger partial charge on any atom is 0.299 e. The summed E-state index contributed by atoms with van der Waals surface area (Å²) in [6.45, 7) is 0. The number of nitro benzene ring substituents is 1. The lowest BCUT2D eigenvalue weighted by Crippen LogP contribution is -2.15. The van der Waals surface area contributed by atoms with Crippen molar-refractivity contribution >= 4 is 32.0 Å². The molecule has 0 atom stereocenters. The summed E-state index contributed by atoms with van der Waals surface area (Å²) in [4.78, 5) is 22.4. The number of hydrogen-bond acceptors (Lipinski definition) is 7. The van der Waals surface area contributed by atoms with Gasteiger partial charge in [0, 0.05) is 29.1 Å². The number of rotatable bonds is 6. The van der Waals surface area contributed by atoms with Gasteiger partial charge in [-0.3, -0.25) is 20.0 Å². The third-order valence-electron chi connectivity index (χ3n) is 4.73. The second kappa shape index (κ2) is 8.63. The SMILES string of the molecule is O=C(c1cc(-c2ccccc2Nc2ccc(F)cc2)n[nH]1)S(=O)(=O)c1ccc([N+](=O)[O-])cc1. The number of benzene rings is 3. The molecule has 166 valence electrons. The van der Waals surface area contributed by atoms with Crippen molar-refractivity contribution < 1.29 is 22.5 Å². The van der Waals surface area contributed by atoms with Crippen molar-refractivity contribution in [2.24, 2.45) is 0 Å². The van der Waals surface area contributed by atoms with Crippen LogP contribution in [0.4, 0.5) is 21.5 Å². The summed E-state index contributed by atoms with van der Waals surface area (Å²) in [6, 6.07) is 18.0. The number of sulfone groups is 1. The molecule has 0 spiro atoms. The van der Waals surface area contributed by atoms with E-state index in [9.17, 15) is 27.7 Å². The zero-order valence-electron chi connectivity index (χ0n) is 16.7. The average molecular weight is 466 g/mol. The van der Waals surface area contributed by atoms with Crippen LogP contribution in [0.1, 0.15) is 10.5 Å². The second-order valence-electron chi connectivity index (χ2n) is 6.89. The van der Waals surface area contributed by atoms with E-state index in [-0.39, 0.29) is 22.1 Å². The van der Waals surface area contributed by atoms with Gasteiger partial charge in [0.05, 0.1) is 15.5 Å². The van der Waals surface area contributed by atoms with Crippen molar-refractivity contribution in [3.8, 4) is 11.3 Å². The fourth-order valence-electron chi connectivity index (χ4n) is 3.07. The minimum atomic E-state index is -4.45. The number of halogens is 1. The van der Waals surface area contributed by atoms with Crippen LogP contribution in [0, 0.1) is 15.9 Å². The van der Waals surface area contributed by atoms with Crippen LogP contribution in [-0.4, -0.2) is 28.7 Å². The Bertz CT molecular complexity index is 1450. The van der Waals surface area contributed by atoms with E-state index >= 15 is 0 Å². The lowest BCUT2D eigenvalue weighted by atomic mass is 10.1. The summed E-state index contributed by atoms with van der Waals surface area (Å²) < 4.78 is 38.5. The normalized spacial score (nSPS) is 11.2. The van der Waals surface area contributed by atoms with Crippen molar-refractivity contribution in [3.63, 3.8) is 0 Å². The van der Waals surface area contributed by atoms with Gasteiger partial charge < -0.3 is 5.32 Å². The van der Waals surface area contributed by atoms with Crippen molar-refractivity contribution in [1.82, 2.24) is 10.2 Å². The summed E-state index contributed by atoms with van der Waals surface area (Å²) >= 11 is 0. The van der Waals surface area contributed by atoms with E-state index in [0.717, 1.165) is 24.3 Å². The molecule has 4 rings (SSSR count). The predicted molar refractivity (Wildman–Crippen MR) is 118 cm³/mol. The number of nitrogens with zero attached hydrogens (tertiary/aromatic N) is 2. The van der Waals surface area contributed by atoms with Gasteiger partial charge in [-0.05, 0) is 48.5 Å². The zero-order valence-corrected chi connectivity index (χ0v) is 17.5. The molecular formula is C22H15FN4O5S. The van der Waals surface area contributed by atoms with E-state index in [2.05, 4.69) is 15.5 Å². The molecule has 0 saturated heterocycles. The molecule has 0 saturated carbocycles. The smallest absolute Gasteiger partial charge is 0.299 e. The molecule has 0 amide bonds. The number of carbonyl (C=O) groups is 1. The quantitative estimate of drug-likeness (QED) is 0.316. The van der Waals surface area contributed by atoms with Crippen LogP contribution in [0.3, 0.4) is 0 Å². The lowest BCUT2D eigenvalue weighted by molar-refractivity contribution is -0.384. The maximum atomic E-state index is 13.2. The molecule has 33 heavy (non-hydrogen) atoms. The van der Waals surface area contributed by atoms with Crippen molar-refractivity contribution in [2.75, 3.05) is 5.32 Å². The Morgan fingerprint density at radius 2 is 1.67 bits per heavy atom. The molecule has 0 unspecified atom stereocenters. The number of aromatic nitrogens is 2. The van der Waals surface area contributed by atoms with Gasteiger partial charge in [-0.1, -0.05) is 18.2 Å². The van der Waals surface area contributed by atoms with Gasteiger partial charge in [0.2, 0.25) is 9.84 Å². The van der Waals surface area contributed by atoms with Gasteiger partial charge in [-0.15, -0.1) is 0 Å². The molecule has 3 aromatic carbocycles. The van der Waals surface area contributed by atoms with E-state index in [1.54, 1.807) is 36.4 Å². The zero-order chi connectivity index (χ0) is 23.6. The number of para-hydroxylation sites is 1. The molecule has 2 N–H and O–H groups in total. The lowest BCUT2D eigenvalue weighted by Gasteiger charge is -2.10. The number of anilines is 2. The molecule has 0 radical (unpaired) electrons. The molecule has 11 heteroatoms. The molecule has 1 aromatic heterocycles. The Kier molecular flexibility index (Phi) is 5.71. The van der Waals surface area contributed by atoms with Crippen molar-refractivity contribution in [3.05, 3.63) is 100 Å². The number of nitro groups is 1. The van der Waals surface area contributed by atoms with Gasteiger partial charge >= 0.3 is 0 Å². The minimum absolute atomic E-state index is 0.264. The molecule has 4 aromatic rings. The van der Waals surface area contributed by atoms with Crippen molar-refractivity contribution in [1.29, 1.82) is 0 Å². The average Bonchev–Trinajstić information content (AvgIpc) is 3.30. The van der Waals surface area contributed by atoms with Gasteiger partial charge in [-0.2, -0.15) is 5.10 Å². The highest BCUT2D eigenvalue weighted by Crippen LogP contribution is 2.30. The highest BCUT2D eigenvalue weighted by molar-refractivity contribution is 8.06. The van der Waals surface area contributed by atoms with Crippen molar-refractivity contribution in [2.45, 2.75) is 4.90 Å². The number of aromatic amines is 1. The first-order chi connectivity index (χ1) is 15.8. The standard InChI is InChI=1S/C22H15FN4O5S/c23-14-5-7-15(8-6-14)24-19-4-2-1-3-18(19)20-13-21(26-25-20)22(28)33(31,32)17-11-9-16(10-12-17)27(29)30/h1-13,24H,(H,25,26). The molecule has 0 aliphatic heterocycles. The predicted octanol–water partition coefficient (Wildman–Crippen LogP) is 4.48. The monoisotopic (exact) mass is 466 g/mol. The van der Waals surface area contributed by atoms with Crippen LogP contribution in [0.5, 0.6) is 0 Å². The maximum absolute atomic E-state index is 13.2. The summed E-state index contributed by atoms with van der Waals surface area (Å²) in [5.41, 5.74) is 1.55. The Morgan fingerprint density at radius 3 is 2.33 bits per heavy atom. The first-order valence-electron chi connectivity index (χ1n) is 9.47. The van der Waals surface area contributed by atoms with Crippen LogP contribution in [0.25, 0.3) is 11.3 Å². The summed E-state index contributed by atoms with van der Waals surface area (Å²) in [7, 11) is -4.45. The Hall–Kier alpha value is -4.38. The Balaban J connectivity index is 1.62. The van der Waals surface area contributed by atoms with Gasteiger partial charge in [-0.25, -0.2) is 12.8 Å². The van der Waals surface area contributed by atoms with E-state index in [1.165, 1.54) is 18.2 Å². The topological polar surface area (TPSA) is 135 Å². The van der Waals surface area contributed by atoms with E-state index < -0.39 is 19.9 Å². The van der Waals surface area contributed by atoms with Crippen LogP contribution < -0.4 is 5.32 Å². The number of hydrogen-bond donors (Lipinski definition) is 2. The Morgan fingerprint density at radius 1 is 1.00 bits per heavy atom. The van der Waals surface area contributed by atoms with Gasteiger partial charge in [0.15, 0.2) is 0 Å². The second-order valence-corrected chi connectivity index (χ2v) is 8.74. The molecule has 9 nitrogen and oxygen atoms in total. The largest absolute Gasteiger partial charge is 0.355 e. The van der Waals surface area contributed by atoms with Gasteiger partial charge in [0.1, 0.15) is 11.5 Å². The minimum Gasteiger partial charge on any atom is -0.355 e. The number of carbonyl (C=O) groups excluding carboxylic acids is 1. The van der Waals surface area contributed by atoms with Gasteiger partial charge in [0.25, 0.3) is 10.8 Å². The van der Waals surface area contributed by atoms with E-state index in [4.69, 9.17) is 0 Å². The molecular weight excluding hydrogens is 451 g/mol. The fourth-order valence-corrected chi connectivity index (χ4v) is 4.17. The molecule has 0 fully saturated rings. The first-order valence-corrected chi connectivity index (χ1v) is 11.0. The highest BCUT2D eigenvalue weighted by Gasteiger charge is 2.29. The molecule has 0 bridgehead atoms. The molecule has 0 aliphatic carbocycles.